The summed E-state index contributed by atoms with van der Waals surface area (Å²) < 4.78 is 5.52. The second-order valence-corrected chi connectivity index (χ2v) is 6.74. The van der Waals surface area contributed by atoms with Crippen LogP contribution in [0.3, 0.4) is 0 Å². The van der Waals surface area contributed by atoms with E-state index in [1.54, 1.807) is 19.2 Å². The summed E-state index contributed by atoms with van der Waals surface area (Å²) in [5.41, 5.74) is 4.73. The lowest BCUT2D eigenvalue weighted by molar-refractivity contribution is -0.384. The molecule has 0 heterocycles. The fourth-order valence-corrected chi connectivity index (χ4v) is 2.84. The van der Waals surface area contributed by atoms with E-state index in [2.05, 4.69) is 35.9 Å². The molecule has 0 radical (unpaired) electrons. The molecule has 0 spiro atoms. The SMILES string of the molecule is COc1cc(N(C)C)cc(CN(C)CCc2ccc([N+](=O)[O-])cc2)c1C. The van der Waals surface area contributed by atoms with Crippen molar-refractivity contribution < 1.29 is 9.66 Å². The van der Waals surface area contributed by atoms with Gasteiger partial charge in [-0.2, -0.15) is 0 Å². The van der Waals surface area contributed by atoms with Gasteiger partial charge in [0.05, 0.1) is 12.0 Å². The van der Waals surface area contributed by atoms with Crippen molar-refractivity contribution in [1.82, 2.24) is 4.90 Å². The zero-order chi connectivity index (χ0) is 19.3. The quantitative estimate of drug-likeness (QED) is 0.533. The van der Waals surface area contributed by atoms with Crippen molar-refractivity contribution in [2.45, 2.75) is 19.9 Å². The van der Waals surface area contributed by atoms with Gasteiger partial charge in [-0.15, -0.1) is 0 Å². The van der Waals surface area contributed by atoms with Crippen LogP contribution in [0, 0.1) is 17.0 Å². The molecule has 0 saturated heterocycles. The molecule has 2 aromatic carbocycles. The van der Waals surface area contributed by atoms with Crippen LogP contribution in [0.25, 0.3) is 0 Å². The van der Waals surface area contributed by atoms with Gasteiger partial charge in [-0.1, -0.05) is 12.1 Å². The first kappa shape index (κ1) is 19.7. The summed E-state index contributed by atoms with van der Waals surface area (Å²) in [5.74, 6) is 0.898. The lowest BCUT2D eigenvalue weighted by Crippen LogP contribution is -2.21. The number of hydrogen-bond donors (Lipinski definition) is 0. The van der Waals surface area contributed by atoms with E-state index in [9.17, 15) is 10.1 Å². The molecule has 0 bridgehead atoms. The second kappa shape index (κ2) is 8.67. The van der Waals surface area contributed by atoms with E-state index in [1.165, 1.54) is 5.56 Å². The number of rotatable bonds is 8. The van der Waals surface area contributed by atoms with Crippen molar-refractivity contribution in [3.05, 3.63) is 63.2 Å². The third-order valence-electron chi connectivity index (χ3n) is 4.56. The summed E-state index contributed by atoms with van der Waals surface area (Å²) >= 11 is 0. The number of non-ortho nitro benzene ring substituents is 1. The van der Waals surface area contributed by atoms with Gasteiger partial charge < -0.3 is 14.5 Å². The molecule has 2 rings (SSSR count). The van der Waals surface area contributed by atoms with Gasteiger partial charge in [-0.25, -0.2) is 0 Å². The number of nitrogens with zero attached hydrogens (tertiary/aromatic N) is 3. The van der Waals surface area contributed by atoms with Gasteiger partial charge in [0.2, 0.25) is 0 Å². The number of nitro benzene ring substituents is 1. The Labute approximate surface area is 155 Å². The van der Waals surface area contributed by atoms with Crippen LogP contribution in [0.15, 0.2) is 36.4 Å². The molecule has 0 amide bonds. The number of ether oxygens (including phenoxy) is 1. The molecule has 0 unspecified atom stereocenters. The minimum Gasteiger partial charge on any atom is -0.496 e. The third kappa shape index (κ3) is 4.95. The standard InChI is InChI=1S/C20H27N3O3/c1-15-17(12-19(21(2)3)13-20(15)26-5)14-22(4)11-10-16-6-8-18(9-7-16)23(24)25/h6-9,12-13H,10-11,14H2,1-5H3. The normalized spacial score (nSPS) is 10.8. The van der Waals surface area contributed by atoms with Gasteiger partial charge in [0.25, 0.3) is 5.69 Å². The number of likely N-dealkylation sites (N-methyl/N-ethyl adjacent to an activating group) is 1. The maximum absolute atomic E-state index is 10.7. The number of nitro groups is 1. The highest BCUT2D eigenvalue weighted by atomic mass is 16.6. The fraction of sp³-hybridized carbons (Fsp3) is 0.400. The summed E-state index contributed by atoms with van der Waals surface area (Å²) in [4.78, 5) is 14.7. The topological polar surface area (TPSA) is 58.8 Å². The Morgan fingerprint density at radius 3 is 2.31 bits per heavy atom. The van der Waals surface area contributed by atoms with E-state index in [0.717, 1.165) is 42.1 Å². The highest BCUT2D eigenvalue weighted by Gasteiger charge is 2.11. The Morgan fingerprint density at radius 2 is 1.77 bits per heavy atom. The molecule has 0 aliphatic heterocycles. The molecule has 140 valence electrons. The minimum atomic E-state index is -0.371. The Balaban J connectivity index is 2.04. The molecule has 6 heteroatoms. The maximum atomic E-state index is 10.7. The largest absolute Gasteiger partial charge is 0.496 e. The van der Waals surface area contributed by atoms with Crippen LogP contribution >= 0.6 is 0 Å². The Hall–Kier alpha value is -2.60. The highest BCUT2D eigenvalue weighted by molar-refractivity contribution is 5.56. The van der Waals surface area contributed by atoms with Crippen molar-refractivity contribution in [2.75, 3.05) is 39.7 Å². The van der Waals surface area contributed by atoms with Gasteiger partial charge in [-0.3, -0.25) is 10.1 Å². The molecule has 0 atom stereocenters. The van der Waals surface area contributed by atoms with Gasteiger partial charge in [0, 0.05) is 51.1 Å². The summed E-state index contributed by atoms with van der Waals surface area (Å²) in [6.07, 6.45) is 0.845. The molecule has 0 aliphatic carbocycles. The average molecular weight is 357 g/mol. The highest BCUT2D eigenvalue weighted by Crippen LogP contribution is 2.28. The monoisotopic (exact) mass is 357 g/mol. The van der Waals surface area contributed by atoms with Crippen molar-refractivity contribution in [2.24, 2.45) is 0 Å². The Kier molecular flexibility index (Phi) is 6.58. The molecular weight excluding hydrogens is 330 g/mol. The number of hydrogen-bond acceptors (Lipinski definition) is 5. The zero-order valence-electron chi connectivity index (χ0n) is 16.2. The van der Waals surface area contributed by atoms with Crippen LogP contribution < -0.4 is 9.64 Å². The minimum absolute atomic E-state index is 0.130. The molecule has 2 aromatic rings. The van der Waals surface area contributed by atoms with Crippen LogP contribution in [0.2, 0.25) is 0 Å². The zero-order valence-corrected chi connectivity index (χ0v) is 16.2. The van der Waals surface area contributed by atoms with E-state index < -0.39 is 0 Å². The predicted octanol–water partition coefficient (Wildman–Crippen LogP) is 3.65. The van der Waals surface area contributed by atoms with Gasteiger partial charge in [0.1, 0.15) is 5.75 Å². The van der Waals surface area contributed by atoms with Crippen molar-refractivity contribution in [3.8, 4) is 5.75 Å². The molecule has 0 aliphatic rings. The van der Waals surface area contributed by atoms with E-state index in [0.29, 0.717) is 0 Å². The van der Waals surface area contributed by atoms with Crippen LogP contribution in [-0.2, 0) is 13.0 Å². The third-order valence-corrected chi connectivity index (χ3v) is 4.56. The van der Waals surface area contributed by atoms with Gasteiger partial charge in [0.15, 0.2) is 0 Å². The summed E-state index contributed by atoms with van der Waals surface area (Å²) in [5, 5.41) is 10.7. The predicted molar refractivity (Wildman–Crippen MR) is 105 cm³/mol. The molecule has 26 heavy (non-hydrogen) atoms. The van der Waals surface area contributed by atoms with Crippen molar-refractivity contribution in [3.63, 3.8) is 0 Å². The van der Waals surface area contributed by atoms with E-state index in [4.69, 9.17) is 4.74 Å². The fourth-order valence-electron chi connectivity index (χ4n) is 2.84. The average Bonchev–Trinajstić information content (AvgIpc) is 2.61. The van der Waals surface area contributed by atoms with Crippen LogP contribution in [0.1, 0.15) is 16.7 Å². The summed E-state index contributed by atoms with van der Waals surface area (Å²) in [6.45, 7) is 3.76. The number of methoxy groups -OCH3 is 1. The lowest BCUT2D eigenvalue weighted by atomic mass is 10.0. The van der Waals surface area contributed by atoms with E-state index in [1.807, 2.05) is 26.2 Å². The van der Waals surface area contributed by atoms with E-state index in [-0.39, 0.29) is 10.6 Å². The molecular formula is C20H27N3O3. The van der Waals surface area contributed by atoms with Crippen LogP contribution in [0.4, 0.5) is 11.4 Å². The molecule has 6 nitrogen and oxygen atoms in total. The number of benzene rings is 2. The first-order chi connectivity index (χ1) is 12.3. The molecule has 0 aromatic heterocycles. The smallest absolute Gasteiger partial charge is 0.269 e. The van der Waals surface area contributed by atoms with E-state index >= 15 is 0 Å². The van der Waals surface area contributed by atoms with Gasteiger partial charge in [-0.05, 0) is 43.1 Å². The van der Waals surface area contributed by atoms with Gasteiger partial charge >= 0.3 is 0 Å². The summed E-state index contributed by atoms with van der Waals surface area (Å²) in [7, 11) is 7.82. The Morgan fingerprint density at radius 1 is 1.12 bits per heavy atom. The van der Waals surface area contributed by atoms with Crippen LogP contribution in [0.5, 0.6) is 5.75 Å². The van der Waals surface area contributed by atoms with Crippen molar-refractivity contribution >= 4 is 11.4 Å². The Bertz CT molecular complexity index is 758. The van der Waals surface area contributed by atoms with Crippen LogP contribution in [-0.4, -0.2) is 44.6 Å². The first-order valence-electron chi connectivity index (χ1n) is 8.58. The lowest BCUT2D eigenvalue weighted by Gasteiger charge is -2.22. The second-order valence-electron chi connectivity index (χ2n) is 6.74. The number of anilines is 1. The maximum Gasteiger partial charge on any atom is 0.269 e. The molecule has 0 saturated carbocycles. The molecule has 0 fully saturated rings. The first-order valence-corrected chi connectivity index (χ1v) is 8.58. The summed E-state index contributed by atoms with van der Waals surface area (Å²) in [6, 6.07) is 11.0. The molecule has 0 N–H and O–H groups in total. The van der Waals surface area contributed by atoms with Crippen molar-refractivity contribution in [1.29, 1.82) is 0 Å².